The highest BCUT2D eigenvalue weighted by Crippen LogP contribution is 2.22. The Morgan fingerprint density at radius 1 is 1.00 bits per heavy atom. The number of rotatable bonds is 4. The van der Waals surface area contributed by atoms with Crippen LogP contribution in [0, 0.1) is 0 Å². The SMILES string of the molecule is CN(C)c1ccc(CNc2ccccc2Br)cc1. The molecule has 94 valence electrons. The van der Waals surface area contributed by atoms with Gasteiger partial charge in [-0.25, -0.2) is 0 Å². The third kappa shape index (κ3) is 3.26. The maximum Gasteiger partial charge on any atom is 0.0487 e. The average Bonchev–Trinajstić information content (AvgIpc) is 2.38. The highest BCUT2D eigenvalue weighted by Gasteiger charge is 1.99. The molecule has 0 aromatic heterocycles. The molecule has 0 amide bonds. The van der Waals surface area contributed by atoms with Gasteiger partial charge in [-0.3, -0.25) is 0 Å². The summed E-state index contributed by atoms with van der Waals surface area (Å²) in [4.78, 5) is 2.10. The molecule has 0 atom stereocenters. The summed E-state index contributed by atoms with van der Waals surface area (Å²) in [5.41, 5.74) is 3.62. The van der Waals surface area contributed by atoms with Gasteiger partial charge < -0.3 is 10.2 Å². The minimum atomic E-state index is 0.830. The molecule has 0 aliphatic carbocycles. The number of halogens is 1. The summed E-state index contributed by atoms with van der Waals surface area (Å²) in [7, 11) is 4.10. The van der Waals surface area contributed by atoms with E-state index in [1.807, 2.05) is 32.3 Å². The number of benzene rings is 2. The van der Waals surface area contributed by atoms with Gasteiger partial charge in [-0.1, -0.05) is 24.3 Å². The van der Waals surface area contributed by atoms with E-state index < -0.39 is 0 Å². The summed E-state index contributed by atoms with van der Waals surface area (Å²) >= 11 is 3.53. The van der Waals surface area contributed by atoms with Gasteiger partial charge in [0.05, 0.1) is 0 Å². The second-order valence-electron chi connectivity index (χ2n) is 4.39. The molecular formula is C15H17BrN2. The Labute approximate surface area is 117 Å². The van der Waals surface area contributed by atoms with Crippen molar-refractivity contribution < 1.29 is 0 Å². The minimum absolute atomic E-state index is 0.830. The van der Waals surface area contributed by atoms with Gasteiger partial charge in [0.1, 0.15) is 0 Å². The number of hydrogen-bond donors (Lipinski definition) is 1. The van der Waals surface area contributed by atoms with Crippen molar-refractivity contribution in [1.82, 2.24) is 0 Å². The number of nitrogens with one attached hydrogen (secondary N) is 1. The topological polar surface area (TPSA) is 15.3 Å². The van der Waals surface area contributed by atoms with Crippen LogP contribution >= 0.6 is 15.9 Å². The molecule has 2 aromatic rings. The van der Waals surface area contributed by atoms with E-state index in [4.69, 9.17) is 0 Å². The van der Waals surface area contributed by atoms with Gasteiger partial charge >= 0.3 is 0 Å². The molecule has 2 nitrogen and oxygen atoms in total. The van der Waals surface area contributed by atoms with Crippen LogP contribution in [0.15, 0.2) is 53.0 Å². The highest BCUT2D eigenvalue weighted by atomic mass is 79.9. The van der Waals surface area contributed by atoms with Crippen molar-refractivity contribution in [2.24, 2.45) is 0 Å². The predicted molar refractivity (Wildman–Crippen MR) is 82.2 cm³/mol. The molecule has 0 bridgehead atoms. The second-order valence-corrected chi connectivity index (χ2v) is 5.25. The first-order chi connectivity index (χ1) is 8.66. The zero-order valence-electron chi connectivity index (χ0n) is 10.7. The summed E-state index contributed by atoms with van der Waals surface area (Å²) in [6, 6.07) is 16.7. The van der Waals surface area contributed by atoms with Gasteiger partial charge in [0.15, 0.2) is 0 Å². The van der Waals surface area contributed by atoms with Crippen LogP contribution in [0.1, 0.15) is 5.56 Å². The Hall–Kier alpha value is -1.48. The molecule has 1 N–H and O–H groups in total. The third-order valence-electron chi connectivity index (χ3n) is 2.81. The van der Waals surface area contributed by atoms with E-state index in [1.54, 1.807) is 0 Å². The van der Waals surface area contributed by atoms with E-state index in [0.717, 1.165) is 16.7 Å². The summed E-state index contributed by atoms with van der Waals surface area (Å²) in [5, 5.41) is 3.42. The lowest BCUT2D eigenvalue weighted by Gasteiger charge is -2.13. The van der Waals surface area contributed by atoms with Gasteiger partial charge in [-0.15, -0.1) is 0 Å². The molecule has 0 saturated heterocycles. The van der Waals surface area contributed by atoms with Gasteiger partial charge in [-0.2, -0.15) is 0 Å². The van der Waals surface area contributed by atoms with Crippen molar-refractivity contribution in [1.29, 1.82) is 0 Å². The number of para-hydroxylation sites is 1. The standard InChI is InChI=1S/C15H17BrN2/c1-18(2)13-9-7-12(8-10-13)11-17-15-6-4-3-5-14(15)16/h3-10,17H,11H2,1-2H3. The normalized spacial score (nSPS) is 10.2. The van der Waals surface area contributed by atoms with Crippen molar-refractivity contribution in [3.63, 3.8) is 0 Å². The van der Waals surface area contributed by atoms with E-state index >= 15 is 0 Å². The lowest BCUT2D eigenvalue weighted by atomic mass is 10.2. The summed E-state index contributed by atoms with van der Waals surface area (Å²) in [5.74, 6) is 0. The maximum atomic E-state index is 3.53. The van der Waals surface area contributed by atoms with Crippen molar-refractivity contribution in [3.05, 3.63) is 58.6 Å². The van der Waals surface area contributed by atoms with Crippen molar-refractivity contribution in [2.75, 3.05) is 24.3 Å². The van der Waals surface area contributed by atoms with Gasteiger partial charge in [-0.05, 0) is 45.8 Å². The zero-order chi connectivity index (χ0) is 13.0. The van der Waals surface area contributed by atoms with Crippen molar-refractivity contribution in [3.8, 4) is 0 Å². The van der Waals surface area contributed by atoms with Crippen LogP contribution in [0.25, 0.3) is 0 Å². The van der Waals surface area contributed by atoms with E-state index in [0.29, 0.717) is 0 Å². The molecule has 18 heavy (non-hydrogen) atoms. The first-order valence-electron chi connectivity index (χ1n) is 5.91. The summed E-state index contributed by atoms with van der Waals surface area (Å²) in [6.45, 7) is 0.830. The number of anilines is 2. The van der Waals surface area contributed by atoms with Gasteiger partial charge in [0.25, 0.3) is 0 Å². The molecule has 2 rings (SSSR count). The fourth-order valence-electron chi connectivity index (χ4n) is 1.71. The van der Waals surface area contributed by atoms with Gasteiger partial charge in [0.2, 0.25) is 0 Å². The summed E-state index contributed by atoms with van der Waals surface area (Å²) in [6.07, 6.45) is 0. The van der Waals surface area contributed by atoms with Crippen molar-refractivity contribution >= 4 is 27.3 Å². The monoisotopic (exact) mass is 304 g/mol. The molecule has 0 saturated carbocycles. The maximum absolute atomic E-state index is 3.53. The predicted octanol–water partition coefficient (Wildman–Crippen LogP) is 4.13. The van der Waals surface area contributed by atoms with Crippen LogP contribution < -0.4 is 10.2 Å². The lowest BCUT2D eigenvalue weighted by Crippen LogP contribution is -2.08. The molecule has 0 fully saturated rings. The number of hydrogen-bond acceptors (Lipinski definition) is 2. The summed E-state index contributed by atoms with van der Waals surface area (Å²) < 4.78 is 1.09. The van der Waals surface area contributed by atoms with Crippen LogP contribution in [0.2, 0.25) is 0 Å². The fourth-order valence-corrected chi connectivity index (χ4v) is 2.14. The molecule has 0 unspecified atom stereocenters. The Bertz CT molecular complexity index is 506. The van der Waals surface area contributed by atoms with E-state index in [9.17, 15) is 0 Å². The Morgan fingerprint density at radius 2 is 1.67 bits per heavy atom. The molecule has 0 spiro atoms. The van der Waals surface area contributed by atoms with E-state index in [2.05, 4.69) is 56.5 Å². The highest BCUT2D eigenvalue weighted by molar-refractivity contribution is 9.10. The van der Waals surface area contributed by atoms with Crippen LogP contribution in [0.5, 0.6) is 0 Å². The van der Waals surface area contributed by atoms with E-state index in [-0.39, 0.29) is 0 Å². The molecule has 0 radical (unpaired) electrons. The molecule has 0 aliphatic heterocycles. The average molecular weight is 305 g/mol. The van der Waals surface area contributed by atoms with E-state index in [1.165, 1.54) is 11.3 Å². The Morgan fingerprint density at radius 3 is 2.28 bits per heavy atom. The zero-order valence-corrected chi connectivity index (χ0v) is 12.2. The molecule has 2 aromatic carbocycles. The Balaban J connectivity index is 2.00. The van der Waals surface area contributed by atoms with Crippen LogP contribution in [-0.4, -0.2) is 14.1 Å². The first-order valence-corrected chi connectivity index (χ1v) is 6.71. The second kappa shape index (κ2) is 5.91. The van der Waals surface area contributed by atoms with Crippen LogP contribution in [0.4, 0.5) is 11.4 Å². The van der Waals surface area contributed by atoms with Crippen molar-refractivity contribution in [2.45, 2.75) is 6.54 Å². The molecule has 0 heterocycles. The van der Waals surface area contributed by atoms with Crippen LogP contribution in [-0.2, 0) is 6.54 Å². The smallest absolute Gasteiger partial charge is 0.0487 e. The minimum Gasteiger partial charge on any atom is -0.380 e. The van der Waals surface area contributed by atoms with Gasteiger partial charge in [0, 0.05) is 36.5 Å². The lowest BCUT2D eigenvalue weighted by molar-refractivity contribution is 1.11. The Kier molecular flexibility index (Phi) is 4.26. The third-order valence-corrected chi connectivity index (χ3v) is 3.50. The first kappa shape index (κ1) is 13.0. The largest absolute Gasteiger partial charge is 0.380 e. The molecule has 0 aliphatic rings. The fraction of sp³-hybridized carbons (Fsp3) is 0.200. The van der Waals surface area contributed by atoms with Crippen LogP contribution in [0.3, 0.4) is 0 Å². The quantitative estimate of drug-likeness (QED) is 0.914. The molecule has 3 heteroatoms. The number of nitrogens with zero attached hydrogens (tertiary/aromatic N) is 1. The molecular weight excluding hydrogens is 288 g/mol.